The van der Waals surface area contributed by atoms with Crippen molar-refractivity contribution in [3.05, 3.63) is 11.4 Å². The molecule has 0 aliphatic carbocycles. The molecule has 90 valence electrons. The third kappa shape index (κ3) is 2.56. The highest BCUT2D eigenvalue weighted by molar-refractivity contribution is 5.88. The van der Waals surface area contributed by atoms with Crippen molar-refractivity contribution in [1.82, 2.24) is 15.0 Å². The molecule has 0 bridgehead atoms. The summed E-state index contributed by atoms with van der Waals surface area (Å²) in [7, 11) is 1.30. The van der Waals surface area contributed by atoms with E-state index in [1.165, 1.54) is 7.11 Å². The predicted octanol–water partition coefficient (Wildman–Crippen LogP) is 1.55. The first-order valence-electron chi connectivity index (χ1n) is 5.19. The molecule has 0 aliphatic rings. The number of hydrogen-bond donors (Lipinski definition) is 0. The van der Waals surface area contributed by atoms with Gasteiger partial charge in [0.05, 0.1) is 19.5 Å². The van der Waals surface area contributed by atoms with Crippen molar-refractivity contribution in [2.24, 2.45) is 0 Å². The molecule has 0 radical (unpaired) electrons. The monoisotopic (exact) mass is 229 g/mol. The Bertz CT molecular complexity index is 363. The standard InChI is InChI=1S/C10H16FN3O2/c1-7(2)9-8(10(15)16-3)12-13-14(9)6-4-5-11/h7H,4-6H2,1-3H3. The Kier molecular flexibility index (Phi) is 4.39. The lowest BCUT2D eigenvalue weighted by molar-refractivity contribution is 0.0592. The number of esters is 1. The van der Waals surface area contributed by atoms with Crippen LogP contribution in [0.15, 0.2) is 0 Å². The highest BCUT2D eigenvalue weighted by atomic mass is 19.1. The van der Waals surface area contributed by atoms with Gasteiger partial charge in [-0.15, -0.1) is 5.10 Å². The molecule has 6 heteroatoms. The van der Waals surface area contributed by atoms with Crippen molar-refractivity contribution >= 4 is 5.97 Å². The average Bonchev–Trinajstić information content (AvgIpc) is 2.68. The first-order chi connectivity index (χ1) is 7.61. The smallest absolute Gasteiger partial charge is 0.360 e. The van der Waals surface area contributed by atoms with Gasteiger partial charge in [0, 0.05) is 6.54 Å². The van der Waals surface area contributed by atoms with E-state index in [1.54, 1.807) is 4.68 Å². The Morgan fingerprint density at radius 3 is 2.75 bits per heavy atom. The summed E-state index contributed by atoms with van der Waals surface area (Å²) >= 11 is 0. The molecule has 0 amide bonds. The zero-order valence-corrected chi connectivity index (χ0v) is 9.73. The molecule has 0 unspecified atom stereocenters. The van der Waals surface area contributed by atoms with Gasteiger partial charge >= 0.3 is 5.97 Å². The zero-order chi connectivity index (χ0) is 12.1. The number of carbonyl (C=O) groups excluding carboxylic acids is 1. The first-order valence-corrected chi connectivity index (χ1v) is 5.19. The van der Waals surface area contributed by atoms with Gasteiger partial charge in [0.2, 0.25) is 0 Å². The van der Waals surface area contributed by atoms with Crippen LogP contribution in [0.2, 0.25) is 0 Å². The minimum atomic E-state index is -0.504. The molecule has 0 N–H and O–H groups in total. The molecular weight excluding hydrogens is 213 g/mol. The summed E-state index contributed by atoms with van der Waals surface area (Å²) < 4.78 is 18.3. The normalized spacial score (nSPS) is 10.8. The van der Waals surface area contributed by atoms with E-state index >= 15 is 0 Å². The first kappa shape index (κ1) is 12.6. The number of alkyl halides is 1. The second-order valence-electron chi connectivity index (χ2n) is 3.74. The maximum absolute atomic E-state index is 12.1. The van der Waals surface area contributed by atoms with E-state index in [0.29, 0.717) is 18.7 Å². The summed E-state index contributed by atoms with van der Waals surface area (Å²) in [5.74, 6) is -0.418. The number of halogens is 1. The van der Waals surface area contributed by atoms with E-state index in [1.807, 2.05) is 13.8 Å². The third-order valence-corrected chi connectivity index (χ3v) is 2.20. The van der Waals surface area contributed by atoms with Crippen LogP contribution in [0, 0.1) is 0 Å². The molecule has 1 rings (SSSR count). The van der Waals surface area contributed by atoms with E-state index in [9.17, 15) is 9.18 Å². The van der Waals surface area contributed by atoms with Gasteiger partial charge in [0.1, 0.15) is 0 Å². The molecule has 1 heterocycles. The van der Waals surface area contributed by atoms with Crippen molar-refractivity contribution in [2.45, 2.75) is 32.7 Å². The third-order valence-electron chi connectivity index (χ3n) is 2.20. The summed E-state index contributed by atoms with van der Waals surface area (Å²) in [5.41, 5.74) is 0.914. The molecular formula is C10H16FN3O2. The number of rotatable bonds is 5. The number of hydrogen-bond acceptors (Lipinski definition) is 4. The van der Waals surface area contributed by atoms with Crippen LogP contribution in [0.1, 0.15) is 42.4 Å². The van der Waals surface area contributed by atoms with E-state index in [0.717, 1.165) is 0 Å². The topological polar surface area (TPSA) is 57.0 Å². The summed E-state index contributed by atoms with van der Waals surface area (Å²) in [6.45, 7) is 3.87. The van der Waals surface area contributed by atoms with Gasteiger partial charge in [0.15, 0.2) is 5.69 Å². The summed E-state index contributed by atoms with van der Waals surface area (Å²) in [5, 5.41) is 7.62. The maximum atomic E-state index is 12.1. The zero-order valence-electron chi connectivity index (χ0n) is 9.73. The van der Waals surface area contributed by atoms with Crippen molar-refractivity contribution < 1.29 is 13.9 Å². The van der Waals surface area contributed by atoms with Gasteiger partial charge in [-0.1, -0.05) is 19.1 Å². The molecule has 0 spiro atoms. The molecule has 5 nitrogen and oxygen atoms in total. The second-order valence-corrected chi connectivity index (χ2v) is 3.74. The number of ether oxygens (including phenoxy) is 1. The molecule has 1 aromatic heterocycles. The molecule has 0 saturated heterocycles. The molecule has 0 saturated carbocycles. The fraction of sp³-hybridized carbons (Fsp3) is 0.700. The number of methoxy groups -OCH3 is 1. The van der Waals surface area contributed by atoms with Gasteiger partial charge in [-0.2, -0.15) is 0 Å². The van der Waals surface area contributed by atoms with E-state index in [4.69, 9.17) is 0 Å². The largest absolute Gasteiger partial charge is 0.464 e. The lowest BCUT2D eigenvalue weighted by Crippen LogP contribution is -2.11. The van der Waals surface area contributed by atoms with Crippen molar-refractivity contribution in [1.29, 1.82) is 0 Å². The molecule has 0 fully saturated rings. The Hall–Kier alpha value is -1.46. The Morgan fingerprint density at radius 2 is 2.25 bits per heavy atom. The average molecular weight is 229 g/mol. The molecule has 16 heavy (non-hydrogen) atoms. The number of aromatic nitrogens is 3. The molecule has 1 aromatic rings. The van der Waals surface area contributed by atoms with Crippen LogP contribution < -0.4 is 0 Å². The Balaban J connectivity index is 3.02. The summed E-state index contributed by atoms with van der Waals surface area (Å²) in [4.78, 5) is 11.4. The van der Waals surface area contributed by atoms with E-state index in [-0.39, 0.29) is 11.6 Å². The number of carbonyl (C=O) groups is 1. The Labute approximate surface area is 93.6 Å². The quantitative estimate of drug-likeness (QED) is 0.719. The fourth-order valence-corrected chi connectivity index (χ4v) is 1.51. The van der Waals surface area contributed by atoms with Crippen LogP contribution >= 0.6 is 0 Å². The van der Waals surface area contributed by atoms with E-state index < -0.39 is 12.6 Å². The number of aryl methyl sites for hydroxylation is 1. The van der Waals surface area contributed by atoms with Crippen LogP contribution in [-0.4, -0.2) is 34.7 Å². The van der Waals surface area contributed by atoms with Crippen LogP contribution in [0.3, 0.4) is 0 Å². The minimum Gasteiger partial charge on any atom is -0.464 e. The summed E-state index contributed by atoms with van der Waals surface area (Å²) in [6.07, 6.45) is 0.365. The predicted molar refractivity (Wildman–Crippen MR) is 56.0 cm³/mol. The van der Waals surface area contributed by atoms with E-state index in [2.05, 4.69) is 15.0 Å². The second kappa shape index (κ2) is 5.58. The van der Waals surface area contributed by atoms with Crippen LogP contribution in [-0.2, 0) is 11.3 Å². The Morgan fingerprint density at radius 1 is 1.56 bits per heavy atom. The molecule has 0 aliphatic heterocycles. The minimum absolute atomic E-state index is 0.0868. The van der Waals surface area contributed by atoms with Gasteiger partial charge < -0.3 is 4.74 Å². The summed E-state index contributed by atoms with van der Waals surface area (Å²) in [6, 6.07) is 0. The molecule has 0 aromatic carbocycles. The van der Waals surface area contributed by atoms with Crippen molar-refractivity contribution in [3.63, 3.8) is 0 Å². The van der Waals surface area contributed by atoms with Crippen molar-refractivity contribution in [2.75, 3.05) is 13.8 Å². The van der Waals surface area contributed by atoms with Gasteiger partial charge in [-0.25, -0.2) is 9.48 Å². The fourth-order valence-electron chi connectivity index (χ4n) is 1.51. The highest BCUT2D eigenvalue weighted by Crippen LogP contribution is 2.18. The lowest BCUT2D eigenvalue weighted by atomic mass is 10.1. The highest BCUT2D eigenvalue weighted by Gasteiger charge is 2.22. The van der Waals surface area contributed by atoms with Crippen molar-refractivity contribution in [3.8, 4) is 0 Å². The van der Waals surface area contributed by atoms with Crippen LogP contribution in [0.4, 0.5) is 4.39 Å². The number of nitrogens with zero attached hydrogens (tertiary/aromatic N) is 3. The van der Waals surface area contributed by atoms with Crippen LogP contribution in [0.25, 0.3) is 0 Å². The SMILES string of the molecule is COC(=O)c1nnn(CCCF)c1C(C)C. The van der Waals surface area contributed by atoms with Gasteiger partial charge in [-0.05, 0) is 12.3 Å². The maximum Gasteiger partial charge on any atom is 0.360 e. The lowest BCUT2D eigenvalue weighted by Gasteiger charge is -2.09. The molecule has 0 atom stereocenters. The van der Waals surface area contributed by atoms with Gasteiger partial charge in [0.25, 0.3) is 0 Å². The van der Waals surface area contributed by atoms with Crippen LogP contribution in [0.5, 0.6) is 0 Å². The van der Waals surface area contributed by atoms with Gasteiger partial charge in [-0.3, -0.25) is 4.39 Å².